The van der Waals surface area contributed by atoms with E-state index in [1.807, 2.05) is 0 Å². The van der Waals surface area contributed by atoms with E-state index in [-0.39, 0.29) is 62.8 Å². The van der Waals surface area contributed by atoms with Gasteiger partial charge in [-0.05, 0) is 24.3 Å². The number of rotatable bonds is 5. The zero-order valence-corrected chi connectivity index (χ0v) is 19.0. The van der Waals surface area contributed by atoms with Crippen LogP contribution < -0.4 is 56.5 Å². The van der Waals surface area contributed by atoms with E-state index in [1.54, 1.807) is 5.01 Å². The maximum absolute atomic E-state index is 12.6. The molecule has 1 unspecified atom stereocenters. The molecule has 26 heavy (non-hydrogen) atoms. The predicted molar refractivity (Wildman–Crippen MR) is 88.5 cm³/mol. The molecule has 0 radical (unpaired) electrons. The van der Waals surface area contributed by atoms with Crippen molar-refractivity contribution in [1.29, 1.82) is 0 Å². The molecule has 0 spiro atoms. The average Bonchev–Trinajstić information content (AvgIpc) is 3.12. The van der Waals surface area contributed by atoms with Gasteiger partial charge in [0.25, 0.3) is 0 Å². The number of ether oxygens (including phenoxy) is 1. The summed E-state index contributed by atoms with van der Waals surface area (Å²) >= 11 is 1.04. The van der Waals surface area contributed by atoms with E-state index in [0.717, 1.165) is 16.1 Å². The zero-order valence-electron chi connectivity index (χ0n) is 14.3. The van der Waals surface area contributed by atoms with E-state index < -0.39 is 21.4 Å². The van der Waals surface area contributed by atoms with Crippen molar-refractivity contribution in [2.75, 3.05) is 38.6 Å². The van der Waals surface area contributed by atoms with Crippen molar-refractivity contribution in [2.24, 2.45) is 10.3 Å². The van der Waals surface area contributed by atoms with Gasteiger partial charge in [0.05, 0.1) is 42.9 Å². The number of carbonyl (C=O) groups excluding carboxylic acids is 1. The summed E-state index contributed by atoms with van der Waals surface area (Å²) in [7, 11) is -3.89. The monoisotopic (exact) mass is 424 g/mol. The Morgan fingerprint density at radius 2 is 1.85 bits per heavy atom. The van der Waals surface area contributed by atoms with Gasteiger partial charge in [-0.3, -0.25) is 5.01 Å². The molecule has 0 amide bonds. The molecule has 136 valence electrons. The van der Waals surface area contributed by atoms with Gasteiger partial charge in [-0.25, -0.2) is 8.42 Å². The first-order valence-electron chi connectivity index (χ1n) is 7.67. The molecule has 9 nitrogen and oxygen atoms in total. The van der Waals surface area contributed by atoms with E-state index >= 15 is 0 Å². The second-order valence-electron chi connectivity index (χ2n) is 5.41. The van der Waals surface area contributed by atoms with E-state index in [2.05, 4.69) is 10.3 Å². The molecule has 0 N–H and O–H groups in total. The molecule has 12 heteroatoms. The summed E-state index contributed by atoms with van der Waals surface area (Å²) in [4.78, 5) is 11.1. The van der Waals surface area contributed by atoms with E-state index in [9.17, 15) is 18.3 Å². The Kier molecular flexibility index (Phi) is 8.50. The molecule has 1 atom stereocenters. The fourth-order valence-electron chi connectivity index (χ4n) is 2.46. The van der Waals surface area contributed by atoms with Gasteiger partial charge in [0.15, 0.2) is 0 Å². The van der Waals surface area contributed by atoms with Crippen LogP contribution in [0.4, 0.5) is 5.69 Å². The van der Waals surface area contributed by atoms with Crippen LogP contribution in [-0.2, 0) is 19.6 Å². The molecule has 2 fully saturated rings. The fourth-order valence-corrected chi connectivity index (χ4v) is 5.46. The fraction of sp³-hybridized carbons (Fsp3) is 0.500. The summed E-state index contributed by atoms with van der Waals surface area (Å²) in [6.45, 7) is 2.66. The summed E-state index contributed by atoms with van der Waals surface area (Å²) in [6, 6.07) is 5.87. The van der Waals surface area contributed by atoms with Crippen LogP contribution >= 0.6 is 11.8 Å². The first kappa shape index (κ1) is 22.2. The van der Waals surface area contributed by atoms with Crippen molar-refractivity contribution in [3.8, 4) is 0 Å². The predicted octanol–water partition coefficient (Wildman–Crippen LogP) is -3.16. The normalized spacial score (nSPS) is 21.7. The van der Waals surface area contributed by atoms with Crippen LogP contribution in [0.3, 0.4) is 0 Å². The third-order valence-corrected chi connectivity index (χ3v) is 6.96. The smallest absolute Gasteiger partial charge is 0.547 e. The molecule has 0 saturated carbocycles. The molecule has 0 aliphatic carbocycles. The number of benzene rings is 1. The molecule has 2 saturated heterocycles. The van der Waals surface area contributed by atoms with Gasteiger partial charge in [-0.2, -0.15) is 4.31 Å². The molecule has 1 aromatic carbocycles. The van der Waals surface area contributed by atoms with Crippen molar-refractivity contribution in [1.82, 2.24) is 9.31 Å². The van der Waals surface area contributed by atoms with E-state index in [1.165, 1.54) is 24.3 Å². The van der Waals surface area contributed by atoms with Crippen LogP contribution in [0.2, 0.25) is 0 Å². The maximum Gasteiger partial charge on any atom is 1.00 e. The maximum atomic E-state index is 12.6. The van der Waals surface area contributed by atoms with E-state index in [0.29, 0.717) is 37.7 Å². The quantitative estimate of drug-likeness (QED) is 0.362. The van der Waals surface area contributed by atoms with Gasteiger partial charge in [-0.1, -0.05) is 5.22 Å². The Morgan fingerprint density at radius 3 is 2.46 bits per heavy atom. The summed E-state index contributed by atoms with van der Waals surface area (Å²) in [5, 5.41) is 19.8. The Bertz CT molecular complexity index is 753. The Labute approximate surface area is 198 Å². The number of carboxylic acid groups (broad SMARTS) is 1. The number of nitrogens with zero attached hydrogens (tertiary/aromatic N) is 4. The van der Waals surface area contributed by atoms with Crippen LogP contribution in [0.15, 0.2) is 39.5 Å². The zero-order chi connectivity index (χ0) is 17.9. The van der Waals surface area contributed by atoms with Gasteiger partial charge in [0.2, 0.25) is 10.0 Å². The summed E-state index contributed by atoms with van der Waals surface area (Å²) in [5.41, 5.74) is 0.512. The van der Waals surface area contributed by atoms with Gasteiger partial charge in [-0.15, -0.1) is 16.9 Å². The number of hydrogen-bond acceptors (Lipinski definition) is 8. The van der Waals surface area contributed by atoms with Crippen LogP contribution in [-0.4, -0.2) is 67.7 Å². The second-order valence-corrected chi connectivity index (χ2v) is 8.49. The molecule has 0 bridgehead atoms. The summed E-state index contributed by atoms with van der Waals surface area (Å²) < 4.78 is 31.4. The van der Waals surface area contributed by atoms with Gasteiger partial charge in [0.1, 0.15) is 5.37 Å². The third kappa shape index (κ3) is 5.26. The van der Waals surface area contributed by atoms with Crippen molar-refractivity contribution in [3.63, 3.8) is 0 Å². The van der Waals surface area contributed by atoms with Crippen LogP contribution in [0.1, 0.15) is 0 Å². The largest absolute Gasteiger partial charge is 1.00 e. The van der Waals surface area contributed by atoms with Crippen LogP contribution in [0.5, 0.6) is 0 Å². The standard InChI is InChI=1S/C14H18N4O5S2.K/c19-14(20)13-18(7-10-24-13)25(21,22)12-3-1-11(2-4-12)15-16-17-5-8-23-9-6-17;/h1-4,13H,5-10H2,(H,19,20);/q;+1/p-1. The molecule has 2 aliphatic heterocycles. The number of thioether (sulfide) groups is 1. The average molecular weight is 425 g/mol. The van der Waals surface area contributed by atoms with Gasteiger partial charge in [0, 0.05) is 12.3 Å². The SMILES string of the molecule is O=C([O-])C1SCCN1S(=O)(=O)c1ccc(N=NN2CCOCC2)cc1.[K+]. The molecule has 2 heterocycles. The molecular formula is C14H17KN4O5S2. The number of carbonyl (C=O) groups is 1. The molecule has 1 aromatic rings. The van der Waals surface area contributed by atoms with Crippen molar-refractivity contribution >= 4 is 33.4 Å². The summed E-state index contributed by atoms with van der Waals surface area (Å²) in [5.74, 6) is -0.981. The van der Waals surface area contributed by atoms with Crippen molar-refractivity contribution in [2.45, 2.75) is 10.3 Å². The Balaban J connectivity index is 0.00000243. The van der Waals surface area contributed by atoms with Gasteiger partial charge < -0.3 is 14.6 Å². The first-order chi connectivity index (χ1) is 12.0. The van der Waals surface area contributed by atoms with E-state index in [4.69, 9.17) is 4.74 Å². The molecule has 0 aromatic heterocycles. The number of morpholine rings is 1. The Hall–Kier alpha value is -0.0536. The summed E-state index contributed by atoms with van der Waals surface area (Å²) in [6.07, 6.45) is 0. The molecule has 2 aliphatic rings. The third-order valence-electron chi connectivity index (χ3n) is 3.77. The minimum atomic E-state index is -3.89. The van der Waals surface area contributed by atoms with Crippen LogP contribution in [0.25, 0.3) is 0 Å². The van der Waals surface area contributed by atoms with Crippen molar-refractivity contribution in [3.05, 3.63) is 24.3 Å². The Morgan fingerprint density at radius 1 is 1.19 bits per heavy atom. The van der Waals surface area contributed by atoms with Crippen molar-refractivity contribution < 1.29 is 74.4 Å². The number of carboxylic acids is 1. The minimum absolute atomic E-state index is 0. The number of hydrogen-bond donors (Lipinski definition) is 0. The minimum Gasteiger partial charge on any atom is -0.547 e. The molecular weight excluding hydrogens is 407 g/mol. The number of sulfonamides is 1. The number of aliphatic carboxylic acids is 1. The first-order valence-corrected chi connectivity index (χ1v) is 10.2. The van der Waals surface area contributed by atoms with Gasteiger partial charge >= 0.3 is 51.4 Å². The molecule has 3 rings (SSSR count). The second kappa shape index (κ2) is 9.93. The topological polar surface area (TPSA) is 115 Å². The van der Waals surface area contributed by atoms with Crippen LogP contribution in [0, 0.1) is 0 Å².